The van der Waals surface area contributed by atoms with Crippen molar-refractivity contribution in [3.8, 4) is 0 Å². The van der Waals surface area contributed by atoms with Gasteiger partial charge in [-0.25, -0.2) is 4.90 Å². The van der Waals surface area contributed by atoms with Crippen LogP contribution in [0.1, 0.15) is 26.3 Å². The standard InChI is InChI=1S/C27H16ClNO4/c1-15-10-11-16(12-21(15)28)29-26(30)19-13-24-25(14-20(19)27(29)31)33-23-9-5-3-7-18(23)17-6-2-4-8-22(17)32-24/h2-14H,1H3. The summed E-state index contributed by atoms with van der Waals surface area (Å²) in [4.78, 5) is 27.6. The molecule has 33 heavy (non-hydrogen) atoms. The summed E-state index contributed by atoms with van der Waals surface area (Å²) in [5.41, 5.74) is 3.78. The third-order valence-electron chi connectivity index (χ3n) is 5.87. The molecule has 0 radical (unpaired) electrons. The monoisotopic (exact) mass is 453 g/mol. The van der Waals surface area contributed by atoms with Gasteiger partial charge in [-0.3, -0.25) is 9.59 Å². The van der Waals surface area contributed by atoms with Crippen LogP contribution in [0.5, 0.6) is 0 Å². The van der Waals surface area contributed by atoms with Crippen molar-refractivity contribution in [3.05, 3.63) is 101 Å². The van der Waals surface area contributed by atoms with Crippen molar-refractivity contribution in [3.63, 3.8) is 0 Å². The lowest BCUT2D eigenvalue weighted by molar-refractivity contribution is 0.0926. The normalized spacial score (nSPS) is 13.2. The smallest absolute Gasteiger partial charge is 0.266 e. The van der Waals surface area contributed by atoms with Crippen LogP contribution < -0.4 is 4.90 Å². The van der Waals surface area contributed by atoms with E-state index in [1.807, 2.05) is 55.5 Å². The first-order chi connectivity index (χ1) is 16.0. The molecule has 6 heteroatoms. The van der Waals surface area contributed by atoms with E-state index >= 15 is 0 Å². The number of hydrogen-bond acceptors (Lipinski definition) is 4. The van der Waals surface area contributed by atoms with Crippen LogP contribution >= 0.6 is 11.6 Å². The Morgan fingerprint density at radius 2 is 1.18 bits per heavy atom. The highest BCUT2D eigenvalue weighted by molar-refractivity contribution is 6.36. The zero-order chi connectivity index (χ0) is 22.7. The van der Waals surface area contributed by atoms with Crippen molar-refractivity contribution in [2.24, 2.45) is 0 Å². The van der Waals surface area contributed by atoms with E-state index < -0.39 is 11.8 Å². The van der Waals surface area contributed by atoms with Crippen LogP contribution in [-0.4, -0.2) is 11.8 Å². The molecule has 5 aromatic rings. The molecule has 0 bridgehead atoms. The summed E-state index contributed by atoms with van der Waals surface area (Å²) in [6, 6.07) is 23.5. The fourth-order valence-corrected chi connectivity index (χ4v) is 4.33. The molecule has 160 valence electrons. The number of rotatable bonds is 1. The van der Waals surface area contributed by atoms with Gasteiger partial charge in [0.25, 0.3) is 11.8 Å². The van der Waals surface area contributed by atoms with Gasteiger partial charge in [-0.1, -0.05) is 54.1 Å². The predicted octanol–water partition coefficient (Wildman–Crippen LogP) is 7.22. The second kappa shape index (κ2) is 7.22. The Morgan fingerprint density at radius 3 is 1.70 bits per heavy atom. The van der Waals surface area contributed by atoms with E-state index in [4.69, 9.17) is 20.4 Å². The first-order valence-electron chi connectivity index (χ1n) is 10.4. The molecule has 2 amide bonds. The van der Waals surface area contributed by atoms with Gasteiger partial charge in [0.1, 0.15) is 11.2 Å². The molecule has 5 nitrogen and oxygen atoms in total. The maximum absolute atomic E-state index is 13.3. The molecule has 0 saturated heterocycles. The van der Waals surface area contributed by atoms with Gasteiger partial charge in [-0.05, 0) is 48.9 Å². The lowest BCUT2D eigenvalue weighted by atomic mass is 10.1. The maximum Gasteiger partial charge on any atom is 0.266 e. The Morgan fingerprint density at radius 1 is 0.667 bits per heavy atom. The highest BCUT2D eigenvalue weighted by Crippen LogP contribution is 2.34. The summed E-state index contributed by atoms with van der Waals surface area (Å²) in [7, 11) is 0. The highest BCUT2D eigenvalue weighted by Gasteiger charge is 2.37. The molecule has 4 aromatic carbocycles. The average molecular weight is 454 g/mol. The van der Waals surface area contributed by atoms with Crippen molar-refractivity contribution in [2.45, 2.75) is 6.92 Å². The minimum atomic E-state index is -0.433. The summed E-state index contributed by atoms with van der Waals surface area (Å²) in [5, 5.41) is 2.23. The van der Waals surface area contributed by atoms with Gasteiger partial charge in [0.05, 0.1) is 16.8 Å². The van der Waals surface area contributed by atoms with E-state index in [1.165, 1.54) is 0 Å². The van der Waals surface area contributed by atoms with Gasteiger partial charge in [-0.15, -0.1) is 0 Å². The Bertz CT molecular complexity index is 1590. The fourth-order valence-electron chi connectivity index (χ4n) is 4.16. The summed E-state index contributed by atoms with van der Waals surface area (Å²) in [6.45, 7) is 1.86. The lowest BCUT2D eigenvalue weighted by Gasteiger charge is -2.14. The largest absolute Gasteiger partial charge is 0.453 e. The molecule has 1 aromatic heterocycles. The molecule has 0 fully saturated rings. The molecular formula is C27H16ClNO4. The predicted molar refractivity (Wildman–Crippen MR) is 128 cm³/mol. The second-order valence-corrected chi connectivity index (χ2v) is 8.33. The van der Waals surface area contributed by atoms with Crippen LogP contribution in [0.4, 0.5) is 5.69 Å². The van der Waals surface area contributed by atoms with Crippen LogP contribution in [0.2, 0.25) is 5.02 Å². The molecule has 0 spiro atoms. The summed E-state index contributed by atoms with van der Waals surface area (Å²) in [5.74, 6) is -0.867. The van der Waals surface area contributed by atoms with Crippen molar-refractivity contribution >= 4 is 62.2 Å². The Balaban J connectivity index is 1.64. The number of benzene rings is 4. The molecule has 0 N–H and O–H groups in total. The van der Waals surface area contributed by atoms with Crippen LogP contribution in [-0.2, 0) is 0 Å². The van der Waals surface area contributed by atoms with Gasteiger partial charge in [-0.2, -0.15) is 0 Å². The number of nitrogens with zero attached hydrogens (tertiary/aromatic N) is 1. The molecule has 2 heterocycles. The number of carbonyl (C=O) groups excluding carboxylic acids is 2. The first kappa shape index (κ1) is 19.6. The average Bonchev–Trinajstić information content (AvgIpc) is 3.05. The number of amides is 2. The molecule has 0 aliphatic carbocycles. The van der Waals surface area contributed by atoms with Crippen LogP contribution in [0.25, 0.3) is 33.1 Å². The van der Waals surface area contributed by atoms with E-state index in [0.29, 0.717) is 33.0 Å². The fraction of sp³-hybridized carbons (Fsp3) is 0.0370. The number of fused-ring (bicyclic) bond motifs is 5. The maximum atomic E-state index is 13.3. The van der Waals surface area contributed by atoms with Crippen molar-refractivity contribution in [1.82, 2.24) is 0 Å². The Kier molecular flexibility index (Phi) is 4.28. The summed E-state index contributed by atoms with van der Waals surface area (Å²) >= 11 is 6.25. The van der Waals surface area contributed by atoms with Gasteiger partial charge >= 0.3 is 0 Å². The molecule has 0 saturated carbocycles. The van der Waals surface area contributed by atoms with Crippen molar-refractivity contribution in [2.75, 3.05) is 4.90 Å². The topological polar surface area (TPSA) is 63.7 Å². The van der Waals surface area contributed by atoms with Crippen molar-refractivity contribution in [1.29, 1.82) is 0 Å². The second-order valence-electron chi connectivity index (χ2n) is 7.92. The number of hydrogen-bond donors (Lipinski definition) is 0. The van der Waals surface area contributed by atoms with E-state index in [9.17, 15) is 9.59 Å². The third-order valence-corrected chi connectivity index (χ3v) is 6.28. The van der Waals surface area contributed by atoms with E-state index in [2.05, 4.69) is 0 Å². The zero-order valence-electron chi connectivity index (χ0n) is 17.5. The van der Waals surface area contributed by atoms with Gasteiger partial charge in [0.15, 0.2) is 11.2 Å². The molecule has 1 aliphatic heterocycles. The zero-order valence-corrected chi connectivity index (χ0v) is 18.2. The number of carbonyl (C=O) groups is 2. The quantitative estimate of drug-likeness (QED) is 0.251. The van der Waals surface area contributed by atoms with Crippen LogP contribution in [0.3, 0.4) is 0 Å². The molecular weight excluding hydrogens is 438 g/mol. The van der Waals surface area contributed by atoms with E-state index in [-0.39, 0.29) is 11.1 Å². The number of aryl methyl sites for hydroxylation is 1. The first-order valence-corrected chi connectivity index (χ1v) is 10.8. The minimum Gasteiger partial charge on any atom is -0.453 e. The number of anilines is 1. The Labute approximate surface area is 193 Å². The SMILES string of the molecule is Cc1ccc(N2C(=O)c3cc4oc5ccccc5c5ccccc5oc4cc3C2=O)cc1Cl. The molecule has 1 aliphatic rings. The van der Waals surface area contributed by atoms with Gasteiger partial charge in [0.2, 0.25) is 0 Å². The van der Waals surface area contributed by atoms with Crippen LogP contribution in [0, 0.1) is 6.92 Å². The van der Waals surface area contributed by atoms with Gasteiger partial charge < -0.3 is 8.83 Å². The van der Waals surface area contributed by atoms with E-state index in [1.54, 1.807) is 30.3 Å². The van der Waals surface area contributed by atoms with Crippen LogP contribution in [0.15, 0.2) is 87.7 Å². The number of imide groups is 1. The van der Waals surface area contributed by atoms with Gasteiger partial charge in [0, 0.05) is 15.8 Å². The lowest BCUT2D eigenvalue weighted by Crippen LogP contribution is -2.29. The number of halogens is 1. The van der Waals surface area contributed by atoms with Crippen molar-refractivity contribution < 1.29 is 18.4 Å². The number of para-hydroxylation sites is 2. The molecule has 6 rings (SSSR count). The Hall–Kier alpha value is -4.09. The molecule has 0 unspecified atom stereocenters. The highest BCUT2D eigenvalue weighted by atomic mass is 35.5. The van der Waals surface area contributed by atoms with E-state index in [0.717, 1.165) is 21.2 Å². The third kappa shape index (κ3) is 3.01. The summed E-state index contributed by atoms with van der Waals surface area (Å²) in [6.07, 6.45) is 0. The summed E-state index contributed by atoms with van der Waals surface area (Å²) < 4.78 is 12.4. The molecule has 0 atom stereocenters. The minimum absolute atomic E-state index is 0.255.